The molecule has 1 atom stereocenters. The Labute approximate surface area is 92.4 Å². The van der Waals surface area contributed by atoms with Gasteiger partial charge in [0.05, 0.1) is 6.61 Å². The summed E-state index contributed by atoms with van der Waals surface area (Å²) in [5, 5.41) is 8.82. The van der Waals surface area contributed by atoms with Crippen molar-refractivity contribution in [2.75, 3.05) is 17.8 Å². The molecule has 1 unspecified atom stereocenters. The molecule has 6 nitrogen and oxygen atoms in total. The third-order valence-electron chi connectivity index (χ3n) is 1.66. The number of carbonyl (C=O) groups is 1. The highest BCUT2D eigenvalue weighted by Crippen LogP contribution is 2.07. The third kappa shape index (κ3) is 3.39. The fraction of sp³-hybridized carbons (Fsp3) is 0.625. The minimum Gasteiger partial charge on any atom is -0.463 e. The smallest absolute Gasteiger partial charge is 0.337 e. The van der Waals surface area contributed by atoms with E-state index in [2.05, 4.69) is 20.5 Å². The van der Waals surface area contributed by atoms with Crippen LogP contribution in [0.25, 0.3) is 0 Å². The van der Waals surface area contributed by atoms with E-state index >= 15 is 0 Å². The second-order valence-corrected chi connectivity index (χ2v) is 3.25. The monoisotopic (exact) mass is 232 g/mol. The van der Waals surface area contributed by atoms with Gasteiger partial charge in [0.1, 0.15) is 0 Å². The van der Waals surface area contributed by atoms with Crippen molar-refractivity contribution < 1.29 is 9.53 Å². The summed E-state index contributed by atoms with van der Waals surface area (Å²) < 4.78 is 5.02. The van der Waals surface area contributed by atoms with Gasteiger partial charge in [0.25, 0.3) is 0 Å². The predicted octanol–water partition coefficient (Wildman–Crippen LogP) is 1.02. The number of anilines is 1. The summed E-state index contributed by atoms with van der Waals surface area (Å²) in [5.74, 6) is 0.0510. The average molecular weight is 233 g/mol. The number of hydrogen-bond donors (Lipinski definition) is 2. The number of aromatic amines is 1. The molecule has 0 aromatic carbocycles. The Morgan fingerprint density at radius 1 is 1.73 bits per heavy atom. The lowest BCUT2D eigenvalue weighted by molar-refractivity contribution is -0.118. The first kappa shape index (κ1) is 11.8. The van der Waals surface area contributed by atoms with Crippen LogP contribution in [0.1, 0.15) is 13.8 Å². The van der Waals surface area contributed by atoms with Crippen LogP contribution in [0.2, 0.25) is 0 Å². The molecule has 1 amide bonds. The van der Waals surface area contributed by atoms with Gasteiger partial charge in [0, 0.05) is 11.8 Å². The van der Waals surface area contributed by atoms with Crippen LogP contribution in [0, 0.1) is 5.92 Å². The number of carbonyl (C=O) groups excluding carboxylic acids is 1. The van der Waals surface area contributed by atoms with Crippen LogP contribution in [-0.4, -0.2) is 33.6 Å². The second kappa shape index (κ2) is 5.55. The van der Waals surface area contributed by atoms with Gasteiger partial charge in [-0.15, -0.1) is 16.7 Å². The Morgan fingerprint density at radius 3 is 3.07 bits per heavy atom. The van der Waals surface area contributed by atoms with E-state index in [1.807, 2.05) is 6.92 Å². The van der Waals surface area contributed by atoms with Gasteiger partial charge in [0.15, 0.2) is 0 Å². The topological polar surface area (TPSA) is 79.9 Å². The molecule has 0 aliphatic heterocycles. The van der Waals surface area contributed by atoms with Crippen molar-refractivity contribution in [1.82, 2.24) is 15.2 Å². The molecular weight excluding hydrogens is 220 g/mol. The van der Waals surface area contributed by atoms with Gasteiger partial charge in [-0.2, -0.15) is 4.98 Å². The molecule has 7 heteroatoms. The van der Waals surface area contributed by atoms with Crippen molar-refractivity contribution in [3.05, 3.63) is 0 Å². The molecule has 1 rings (SSSR count). The number of ether oxygens (including phenoxy) is 1. The summed E-state index contributed by atoms with van der Waals surface area (Å²) in [7, 11) is 0. The average Bonchev–Trinajstić information content (AvgIpc) is 2.65. The van der Waals surface area contributed by atoms with Gasteiger partial charge in [-0.05, 0) is 6.92 Å². The molecule has 1 aromatic rings. The Bertz CT molecular complexity index is 328. The second-order valence-electron chi connectivity index (χ2n) is 2.94. The van der Waals surface area contributed by atoms with E-state index in [0.29, 0.717) is 6.61 Å². The van der Waals surface area contributed by atoms with Crippen molar-refractivity contribution in [2.24, 2.45) is 5.92 Å². The molecule has 15 heavy (non-hydrogen) atoms. The predicted molar refractivity (Wildman–Crippen MR) is 56.1 cm³/mol. The highest BCUT2D eigenvalue weighted by Gasteiger charge is 2.13. The highest BCUT2D eigenvalue weighted by atomic mass is 35.5. The normalized spacial score (nSPS) is 12.2. The zero-order valence-electron chi connectivity index (χ0n) is 8.58. The Balaban J connectivity index is 2.53. The summed E-state index contributed by atoms with van der Waals surface area (Å²) in [6.45, 7) is 4.02. The first-order valence-corrected chi connectivity index (χ1v) is 5.12. The molecule has 0 aliphatic rings. The van der Waals surface area contributed by atoms with E-state index in [-0.39, 0.29) is 29.7 Å². The van der Waals surface area contributed by atoms with Crippen LogP contribution >= 0.6 is 11.6 Å². The maximum Gasteiger partial charge on any atom is 0.337 e. The first-order valence-electron chi connectivity index (χ1n) is 4.59. The number of rotatable bonds is 5. The van der Waals surface area contributed by atoms with Crippen LogP contribution in [0.4, 0.5) is 5.95 Å². The Kier molecular flexibility index (Phi) is 4.36. The molecule has 1 aromatic heterocycles. The molecule has 0 spiro atoms. The summed E-state index contributed by atoms with van der Waals surface area (Å²) >= 11 is 5.54. The minimum atomic E-state index is -0.271. The van der Waals surface area contributed by atoms with E-state index in [0.717, 1.165) is 0 Å². The lowest BCUT2D eigenvalue weighted by Crippen LogP contribution is -2.22. The molecule has 2 N–H and O–H groups in total. The number of H-pyrrole nitrogens is 1. The van der Waals surface area contributed by atoms with Crippen LogP contribution in [0.15, 0.2) is 0 Å². The molecule has 0 fully saturated rings. The van der Waals surface area contributed by atoms with Gasteiger partial charge >= 0.3 is 6.01 Å². The first-order chi connectivity index (χ1) is 7.17. The van der Waals surface area contributed by atoms with Crippen LogP contribution in [0.3, 0.4) is 0 Å². The van der Waals surface area contributed by atoms with E-state index < -0.39 is 0 Å². The number of halogens is 1. The molecule has 0 saturated carbocycles. The number of hydrogen-bond acceptors (Lipinski definition) is 4. The molecule has 0 radical (unpaired) electrons. The van der Waals surface area contributed by atoms with Crippen molar-refractivity contribution >= 4 is 23.5 Å². The standard InChI is InChI=1S/C8H13ClN4O2/c1-3-15-8-11-7(12-13-8)10-6(14)5(2)4-9/h5H,3-4H2,1-2H3,(H2,10,11,12,13,14). The van der Waals surface area contributed by atoms with E-state index in [9.17, 15) is 4.79 Å². The Hall–Kier alpha value is -1.30. The maximum atomic E-state index is 11.4. The maximum absolute atomic E-state index is 11.4. The van der Waals surface area contributed by atoms with E-state index in [1.165, 1.54) is 0 Å². The van der Waals surface area contributed by atoms with Crippen LogP contribution < -0.4 is 10.1 Å². The van der Waals surface area contributed by atoms with Crippen molar-refractivity contribution in [2.45, 2.75) is 13.8 Å². The van der Waals surface area contributed by atoms with Crippen LogP contribution in [-0.2, 0) is 4.79 Å². The quantitative estimate of drug-likeness (QED) is 0.743. The van der Waals surface area contributed by atoms with Gasteiger partial charge in [-0.3, -0.25) is 10.1 Å². The lowest BCUT2D eigenvalue weighted by atomic mass is 10.2. The zero-order chi connectivity index (χ0) is 11.3. The van der Waals surface area contributed by atoms with Gasteiger partial charge in [-0.1, -0.05) is 6.92 Å². The molecular formula is C8H13ClN4O2. The molecule has 84 valence electrons. The third-order valence-corrected chi connectivity index (χ3v) is 2.12. The van der Waals surface area contributed by atoms with Crippen molar-refractivity contribution in [1.29, 1.82) is 0 Å². The lowest BCUT2D eigenvalue weighted by Gasteiger charge is -2.05. The van der Waals surface area contributed by atoms with Crippen molar-refractivity contribution in [3.8, 4) is 6.01 Å². The zero-order valence-corrected chi connectivity index (χ0v) is 9.34. The molecule has 0 saturated heterocycles. The molecule has 0 bridgehead atoms. The van der Waals surface area contributed by atoms with Gasteiger partial charge in [-0.25, -0.2) is 5.10 Å². The summed E-state index contributed by atoms with van der Waals surface area (Å²) in [5.41, 5.74) is 0. The van der Waals surface area contributed by atoms with Crippen LogP contribution in [0.5, 0.6) is 6.01 Å². The number of alkyl halides is 1. The molecule has 1 heterocycles. The van der Waals surface area contributed by atoms with E-state index in [1.54, 1.807) is 6.92 Å². The Morgan fingerprint density at radius 2 is 2.47 bits per heavy atom. The highest BCUT2D eigenvalue weighted by molar-refractivity contribution is 6.19. The number of amides is 1. The fourth-order valence-electron chi connectivity index (χ4n) is 0.806. The summed E-state index contributed by atoms with van der Waals surface area (Å²) in [4.78, 5) is 15.3. The number of nitrogens with zero attached hydrogens (tertiary/aromatic N) is 2. The number of nitrogens with one attached hydrogen (secondary N) is 2. The number of aromatic nitrogens is 3. The van der Waals surface area contributed by atoms with Gasteiger partial charge < -0.3 is 4.74 Å². The van der Waals surface area contributed by atoms with Crippen molar-refractivity contribution in [3.63, 3.8) is 0 Å². The fourth-order valence-corrected chi connectivity index (χ4v) is 0.946. The van der Waals surface area contributed by atoms with Gasteiger partial charge in [0.2, 0.25) is 11.9 Å². The minimum absolute atomic E-state index is 0.204. The molecule has 0 aliphatic carbocycles. The summed E-state index contributed by atoms with van der Waals surface area (Å²) in [6, 6.07) is 0.214. The SMILES string of the molecule is CCOc1n[nH]c(NC(=O)C(C)CCl)n1. The van der Waals surface area contributed by atoms with E-state index in [4.69, 9.17) is 16.3 Å². The summed E-state index contributed by atoms with van der Waals surface area (Å²) in [6.07, 6.45) is 0. The largest absolute Gasteiger partial charge is 0.463 e.